The second-order valence-electron chi connectivity index (χ2n) is 6.92. The number of ether oxygens (including phenoxy) is 2. The van der Waals surface area contributed by atoms with Gasteiger partial charge in [-0.3, -0.25) is 4.79 Å². The fourth-order valence-corrected chi connectivity index (χ4v) is 3.72. The molecule has 0 aliphatic rings. The van der Waals surface area contributed by atoms with Gasteiger partial charge >= 0.3 is 0 Å². The molecule has 0 spiro atoms. The van der Waals surface area contributed by atoms with E-state index in [9.17, 15) is 4.79 Å². The summed E-state index contributed by atoms with van der Waals surface area (Å²) < 4.78 is 11.3. The molecule has 0 aliphatic carbocycles. The second-order valence-corrected chi connectivity index (χ2v) is 8.33. The molecule has 0 radical (unpaired) electrons. The van der Waals surface area contributed by atoms with Gasteiger partial charge in [0.2, 0.25) is 0 Å². The van der Waals surface area contributed by atoms with E-state index in [1.165, 1.54) is 18.0 Å². The van der Waals surface area contributed by atoms with Crippen molar-refractivity contribution in [3.63, 3.8) is 0 Å². The lowest BCUT2D eigenvalue weighted by molar-refractivity contribution is -0.118. The van der Waals surface area contributed by atoms with Gasteiger partial charge in [-0.05, 0) is 36.8 Å². The van der Waals surface area contributed by atoms with Crippen molar-refractivity contribution in [1.29, 1.82) is 0 Å². The molecule has 0 unspecified atom stereocenters. The summed E-state index contributed by atoms with van der Waals surface area (Å²) in [6.45, 7) is 2.02. The van der Waals surface area contributed by atoms with Crippen LogP contribution in [0.15, 0.2) is 83.0 Å². The molecular formula is C25H25ClN4O3S. The molecule has 0 saturated heterocycles. The van der Waals surface area contributed by atoms with Crippen LogP contribution in [0, 0.1) is 0 Å². The van der Waals surface area contributed by atoms with Gasteiger partial charge in [0.05, 0.1) is 17.8 Å². The molecule has 3 aromatic carbocycles. The smallest absolute Gasteiger partial charge is 0.262 e. The van der Waals surface area contributed by atoms with Crippen LogP contribution < -0.4 is 20.5 Å². The Bertz CT molecular complexity index is 1140. The zero-order valence-electron chi connectivity index (χ0n) is 18.6. The Morgan fingerprint density at radius 1 is 1.09 bits per heavy atom. The first-order valence-corrected chi connectivity index (χ1v) is 11.9. The lowest BCUT2D eigenvalue weighted by atomic mass is 10.2. The number of carbonyl (C=O) groups excluding carboxylic acids is 1. The highest BCUT2D eigenvalue weighted by molar-refractivity contribution is 8.13. The highest BCUT2D eigenvalue weighted by atomic mass is 35.5. The molecule has 3 N–H and O–H groups in total. The van der Waals surface area contributed by atoms with E-state index >= 15 is 0 Å². The van der Waals surface area contributed by atoms with Crippen LogP contribution >= 0.6 is 23.4 Å². The van der Waals surface area contributed by atoms with Crippen LogP contribution in [-0.4, -0.2) is 30.5 Å². The lowest BCUT2D eigenvalue weighted by Crippen LogP contribution is -2.20. The summed E-state index contributed by atoms with van der Waals surface area (Å²) in [6.07, 6.45) is 1.52. The average molecular weight is 497 g/mol. The van der Waals surface area contributed by atoms with Crippen LogP contribution in [0.5, 0.6) is 11.5 Å². The number of amidine groups is 1. The number of para-hydroxylation sites is 1. The van der Waals surface area contributed by atoms with Crippen LogP contribution in [0.1, 0.15) is 18.1 Å². The number of hydrogen-bond donors (Lipinski definition) is 2. The maximum absolute atomic E-state index is 12.2. The maximum atomic E-state index is 12.2. The molecule has 3 aromatic rings. The number of nitrogens with one attached hydrogen (secondary N) is 1. The third kappa shape index (κ3) is 8.13. The first-order valence-electron chi connectivity index (χ1n) is 10.5. The third-order valence-electron chi connectivity index (χ3n) is 4.33. The van der Waals surface area contributed by atoms with Gasteiger partial charge in [0, 0.05) is 17.0 Å². The minimum Gasteiger partial charge on any atom is -0.490 e. The van der Waals surface area contributed by atoms with E-state index in [0.29, 0.717) is 34.5 Å². The molecule has 9 heteroatoms. The predicted octanol–water partition coefficient (Wildman–Crippen LogP) is 5.34. The Kier molecular flexibility index (Phi) is 9.81. The summed E-state index contributed by atoms with van der Waals surface area (Å²) >= 11 is 7.81. The van der Waals surface area contributed by atoms with Crippen molar-refractivity contribution >= 4 is 46.3 Å². The fourth-order valence-electron chi connectivity index (χ4n) is 2.83. The molecule has 0 aromatic heterocycles. The van der Waals surface area contributed by atoms with Crippen molar-refractivity contribution in [3.05, 3.63) is 88.9 Å². The van der Waals surface area contributed by atoms with Crippen molar-refractivity contribution in [2.75, 3.05) is 18.5 Å². The number of hydrogen-bond acceptors (Lipinski definition) is 6. The summed E-state index contributed by atoms with van der Waals surface area (Å²) in [6, 6.07) is 22.5. The Balaban J connectivity index is 1.62. The summed E-state index contributed by atoms with van der Waals surface area (Å²) in [7, 11) is 0. The molecule has 3 rings (SSSR count). The molecule has 176 valence electrons. The topological polar surface area (TPSA) is 98.3 Å². The molecule has 0 atom stereocenters. The number of amides is 1. The summed E-state index contributed by atoms with van der Waals surface area (Å²) in [5.74, 6) is 1.08. The zero-order chi connectivity index (χ0) is 24.2. The van der Waals surface area contributed by atoms with Gasteiger partial charge in [-0.25, -0.2) is 0 Å². The number of rotatable bonds is 10. The van der Waals surface area contributed by atoms with Crippen LogP contribution in [0.3, 0.4) is 0 Å². The van der Waals surface area contributed by atoms with Gasteiger partial charge in [0.15, 0.2) is 23.3 Å². The number of nitrogens with two attached hydrogens (primary N) is 1. The molecule has 7 nitrogen and oxygen atoms in total. The van der Waals surface area contributed by atoms with Gasteiger partial charge in [0.25, 0.3) is 5.91 Å². The molecule has 0 fully saturated rings. The van der Waals surface area contributed by atoms with E-state index < -0.39 is 0 Å². The maximum Gasteiger partial charge on any atom is 0.262 e. The Hall–Kier alpha value is -3.49. The molecule has 0 heterocycles. The Labute approximate surface area is 208 Å². The molecular weight excluding hydrogens is 472 g/mol. The molecule has 0 saturated carbocycles. The zero-order valence-corrected chi connectivity index (χ0v) is 20.2. The van der Waals surface area contributed by atoms with Crippen molar-refractivity contribution in [3.8, 4) is 11.5 Å². The molecule has 0 bridgehead atoms. The summed E-state index contributed by atoms with van der Waals surface area (Å²) in [5, 5.41) is 11.5. The van der Waals surface area contributed by atoms with Crippen LogP contribution in [-0.2, 0) is 10.5 Å². The Morgan fingerprint density at radius 3 is 2.50 bits per heavy atom. The van der Waals surface area contributed by atoms with Gasteiger partial charge in [-0.1, -0.05) is 71.9 Å². The lowest BCUT2D eigenvalue weighted by Gasteiger charge is -2.14. The van der Waals surface area contributed by atoms with Gasteiger partial charge in [-0.2, -0.15) is 5.10 Å². The van der Waals surface area contributed by atoms with Crippen molar-refractivity contribution in [1.82, 2.24) is 0 Å². The SMILES string of the molecule is CCOc1cc(C=NN=C(N)SCc2ccccc2)cc(Cl)c1OCC(=O)Nc1ccccc1. The number of carbonyl (C=O) groups is 1. The Morgan fingerprint density at radius 2 is 1.79 bits per heavy atom. The van der Waals surface area contributed by atoms with Gasteiger partial charge in [-0.15, -0.1) is 5.10 Å². The van der Waals surface area contributed by atoms with E-state index in [1.807, 2.05) is 55.5 Å². The standard InChI is InChI=1S/C25H25ClN4O3S/c1-2-32-22-14-19(15-28-30-25(27)34-17-18-9-5-3-6-10-18)13-21(26)24(22)33-16-23(31)29-20-11-7-4-8-12-20/h3-15H,2,16-17H2,1H3,(H2,27,30)(H,29,31). The summed E-state index contributed by atoms with van der Waals surface area (Å²) in [4.78, 5) is 12.2. The fraction of sp³-hybridized carbons (Fsp3) is 0.160. The van der Waals surface area contributed by atoms with Crippen LogP contribution in [0.2, 0.25) is 5.02 Å². The highest BCUT2D eigenvalue weighted by Crippen LogP contribution is 2.36. The van der Waals surface area contributed by atoms with Crippen molar-refractivity contribution < 1.29 is 14.3 Å². The van der Waals surface area contributed by atoms with E-state index in [2.05, 4.69) is 15.5 Å². The quantitative estimate of drug-likeness (QED) is 0.224. The molecule has 0 aliphatic heterocycles. The molecule has 34 heavy (non-hydrogen) atoms. The highest BCUT2D eigenvalue weighted by Gasteiger charge is 2.14. The minimum absolute atomic E-state index is 0.221. The second kappa shape index (κ2) is 13.3. The number of thioether (sulfide) groups is 1. The first-order chi connectivity index (χ1) is 16.5. The van der Waals surface area contributed by atoms with E-state index in [4.69, 9.17) is 26.8 Å². The first kappa shape index (κ1) is 25.1. The number of benzene rings is 3. The number of halogens is 1. The normalized spacial score (nSPS) is 11.4. The van der Waals surface area contributed by atoms with Crippen LogP contribution in [0.4, 0.5) is 5.69 Å². The van der Waals surface area contributed by atoms with Gasteiger partial charge < -0.3 is 20.5 Å². The van der Waals surface area contributed by atoms with Crippen molar-refractivity contribution in [2.24, 2.45) is 15.9 Å². The monoisotopic (exact) mass is 496 g/mol. The predicted molar refractivity (Wildman–Crippen MR) is 140 cm³/mol. The number of nitrogens with zero attached hydrogens (tertiary/aromatic N) is 2. The van der Waals surface area contributed by atoms with E-state index in [-0.39, 0.29) is 23.3 Å². The average Bonchev–Trinajstić information content (AvgIpc) is 2.84. The van der Waals surface area contributed by atoms with Crippen LogP contribution in [0.25, 0.3) is 0 Å². The third-order valence-corrected chi connectivity index (χ3v) is 5.47. The summed E-state index contributed by atoms with van der Waals surface area (Å²) in [5.41, 5.74) is 8.41. The largest absolute Gasteiger partial charge is 0.490 e. The molecule has 1 amide bonds. The van der Waals surface area contributed by atoms with E-state index in [1.54, 1.807) is 24.3 Å². The van der Waals surface area contributed by atoms with E-state index in [0.717, 1.165) is 5.56 Å². The van der Waals surface area contributed by atoms with Crippen molar-refractivity contribution in [2.45, 2.75) is 12.7 Å². The minimum atomic E-state index is -0.312. The van der Waals surface area contributed by atoms with Gasteiger partial charge in [0.1, 0.15) is 0 Å². The number of anilines is 1.